The molecule has 0 aliphatic carbocycles. The van der Waals surface area contributed by atoms with Gasteiger partial charge in [-0.3, -0.25) is 4.98 Å². The van der Waals surface area contributed by atoms with Gasteiger partial charge in [0.1, 0.15) is 0 Å². The van der Waals surface area contributed by atoms with Gasteiger partial charge in [0.2, 0.25) is 0 Å². The first-order valence-corrected chi connectivity index (χ1v) is 14.7. The molecule has 0 aliphatic heterocycles. The third kappa shape index (κ3) is 4.16. The molecule has 204 valence electrons. The Labute approximate surface area is 253 Å². The van der Waals surface area contributed by atoms with Crippen molar-refractivity contribution < 1.29 is 0 Å². The minimum absolute atomic E-state index is 0.835. The topological polar surface area (TPSA) is 51.6 Å². The summed E-state index contributed by atoms with van der Waals surface area (Å²) in [6.07, 6.45) is 1.82. The SMILES string of the molecule is c1ccc2cc(-c3ccc4cc(-c5ccc6ccc(-c7ccc8ccc9cccnc9c8n7)nc6c5)ccc4n3)ccc2c1. The Bertz CT molecular complexity index is 2570. The summed E-state index contributed by atoms with van der Waals surface area (Å²) in [5.41, 5.74) is 9.73. The highest BCUT2D eigenvalue weighted by Gasteiger charge is 2.10. The van der Waals surface area contributed by atoms with E-state index >= 15 is 0 Å². The van der Waals surface area contributed by atoms with E-state index in [4.69, 9.17) is 15.0 Å². The maximum Gasteiger partial charge on any atom is 0.0972 e. The molecule has 9 aromatic rings. The van der Waals surface area contributed by atoms with Crippen LogP contribution in [0.15, 0.2) is 146 Å². The van der Waals surface area contributed by atoms with Crippen LogP contribution in [-0.4, -0.2) is 19.9 Å². The number of benzene rings is 5. The van der Waals surface area contributed by atoms with Crippen LogP contribution in [0, 0.1) is 0 Å². The number of pyridine rings is 4. The number of aromatic nitrogens is 4. The zero-order valence-electron chi connectivity index (χ0n) is 23.6. The van der Waals surface area contributed by atoms with Gasteiger partial charge in [-0.25, -0.2) is 15.0 Å². The Morgan fingerprint density at radius 2 is 0.909 bits per heavy atom. The second-order valence-electron chi connectivity index (χ2n) is 11.2. The lowest BCUT2D eigenvalue weighted by molar-refractivity contribution is 1.31. The van der Waals surface area contributed by atoms with Gasteiger partial charge in [0.25, 0.3) is 0 Å². The molecule has 0 spiro atoms. The maximum atomic E-state index is 5.05. The van der Waals surface area contributed by atoms with Crippen LogP contribution in [-0.2, 0) is 0 Å². The average Bonchev–Trinajstić information content (AvgIpc) is 3.10. The van der Waals surface area contributed by atoms with Gasteiger partial charge in [-0.05, 0) is 70.4 Å². The fraction of sp³-hybridized carbons (Fsp3) is 0. The molecular formula is C40H24N4. The van der Waals surface area contributed by atoms with E-state index < -0.39 is 0 Å². The zero-order chi connectivity index (χ0) is 29.0. The highest BCUT2D eigenvalue weighted by molar-refractivity contribution is 6.03. The molecule has 0 saturated carbocycles. The van der Waals surface area contributed by atoms with Crippen LogP contribution < -0.4 is 0 Å². The summed E-state index contributed by atoms with van der Waals surface area (Å²) in [6, 6.07) is 48.7. The van der Waals surface area contributed by atoms with Crippen LogP contribution in [0.3, 0.4) is 0 Å². The van der Waals surface area contributed by atoms with Crippen LogP contribution >= 0.6 is 0 Å². The molecule has 0 aliphatic rings. The van der Waals surface area contributed by atoms with Gasteiger partial charge >= 0.3 is 0 Å². The number of hydrogen-bond donors (Lipinski definition) is 0. The quantitative estimate of drug-likeness (QED) is 0.202. The van der Waals surface area contributed by atoms with E-state index in [1.165, 1.54) is 10.8 Å². The number of fused-ring (bicyclic) bond motifs is 6. The second kappa shape index (κ2) is 9.79. The lowest BCUT2D eigenvalue weighted by Gasteiger charge is -2.09. The van der Waals surface area contributed by atoms with E-state index in [1.807, 2.05) is 24.4 Å². The van der Waals surface area contributed by atoms with Crippen molar-refractivity contribution in [2.24, 2.45) is 0 Å². The molecule has 4 heteroatoms. The molecule has 9 rings (SSSR count). The first-order valence-electron chi connectivity index (χ1n) is 14.7. The van der Waals surface area contributed by atoms with Crippen molar-refractivity contribution in [1.82, 2.24) is 19.9 Å². The van der Waals surface area contributed by atoms with Gasteiger partial charge in [0.05, 0.1) is 39.1 Å². The molecule has 0 atom stereocenters. The van der Waals surface area contributed by atoms with Crippen LogP contribution in [0.1, 0.15) is 0 Å². The summed E-state index contributed by atoms with van der Waals surface area (Å²) in [5, 5.41) is 6.80. The molecule has 0 amide bonds. The highest BCUT2D eigenvalue weighted by Crippen LogP contribution is 2.31. The van der Waals surface area contributed by atoms with Crippen molar-refractivity contribution in [1.29, 1.82) is 0 Å². The minimum atomic E-state index is 0.835. The van der Waals surface area contributed by atoms with Crippen molar-refractivity contribution in [3.63, 3.8) is 0 Å². The Morgan fingerprint density at radius 1 is 0.318 bits per heavy atom. The van der Waals surface area contributed by atoms with E-state index in [2.05, 4.69) is 126 Å². The van der Waals surface area contributed by atoms with Crippen LogP contribution in [0.5, 0.6) is 0 Å². The molecular weight excluding hydrogens is 536 g/mol. The van der Waals surface area contributed by atoms with Crippen LogP contribution in [0.2, 0.25) is 0 Å². The summed E-state index contributed by atoms with van der Waals surface area (Å²) < 4.78 is 0. The van der Waals surface area contributed by atoms with Crippen molar-refractivity contribution in [3.05, 3.63) is 146 Å². The smallest absolute Gasteiger partial charge is 0.0972 e. The predicted molar refractivity (Wildman–Crippen MR) is 181 cm³/mol. The molecule has 0 fully saturated rings. The van der Waals surface area contributed by atoms with Crippen molar-refractivity contribution in [2.75, 3.05) is 0 Å². The Hall–Kier alpha value is -6.00. The van der Waals surface area contributed by atoms with Gasteiger partial charge in [-0.1, -0.05) is 91.0 Å². The molecule has 0 bridgehead atoms. The molecule has 0 N–H and O–H groups in total. The van der Waals surface area contributed by atoms with Crippen molar-refractivity contribution in [2.45, 2.75) is 0 Å². The molecule has 4 heterocycles. The zero-order valence-corrected chi connectivity index (χ0v) is 23.6. The lowest BCUT2D eigenvalue weighted by atomic mass is 10.0. The van der Waals surface area contributed by atoms with Crippen LogP contribution in [0.25, 0.3) is 88.2 Å². The molecule has 4 nitrogen and oxygen atoms in total. The largest absolute Gasteiger partial charge is 0.254 e. The summed E-state index contributed by atoms with van der Waals surface area (Å²) in [6.45, 7) is 0. The van der Waals surface area contributed by atoms with E-state index in [1.54, 1.807) is 0 Å². The van der Waals surface area contributed by atoms with Gasteiger partial charge in [-0.2, -0.15) is 0 Å². The summed E-state index contributed by atoms with van der Waals surface area (Å²) in [4.78, 5) is 19.7. The van der Waals surface area contributed by atoms with Gasteiger partial charge in [0, 0.05) is 33.3 Å². The molecule has 0 saturated heterocycles. The fourth-order valence-corrected chi connectivity index (χ4v) is 6.12. The molecule has 0 unspecified atom stereocenters. The second-order valence-corrected chi connectivity index (χ2v) is 11.2. The van der Waals surface area contributed by atoms with E-state index in [0.717, 1.165) is 77.4 Å². The third-order valence-corrected chi connectivity index (χ3v) is 8.45. The van der Waals surface area contributed by atoms with Gasteiger partial charge in [0.15, 0.2) is 0 Å². The first kappa shape index (κ1) is 24.6. The number of rotatable bonds is 3. The standard InChI is InChI=1S/C40H24N4/c1-2-5-29-22-32(12-7-25(29)4-1)35-18-16-33-23-30(15-17-34(33)42-35)31-11-8-26-13-19-36(43-38(26)24-31)37-20-14-28-10-9-27-6-3-21-41-39(27)40(28)44-37/h1-24H. The maximum absolute atomic E-state index is 5.05. The van der Waals surface area contributed by atoms with Gasteiger partial charge < -0.3 is 0 Å². The molecule has 44 heavy (non-hydrogen) atoms. The molecule has 0 radical (unpaired) electrons. The van der Waals surface area contributed by atoms with Crippen molar-refractivity contribution >= 4 is 54.4 Å². The third-order valence-electron chi connectivity index (χ3n) is 8.45. The Kier molecular flexibility index (Phi) is 5.47. The lowest BCUT2D eigenvalue weighted by Crippen LogP contribution is -1.91. The summed E-state index contributed by atoms with van der Waals surface area (Å²) in [5.74, 6) is 0. The number of hydrogen-bond acceptors (Lipinski definition) is 4. The van der Waals surface area contributed by atoms with E-state index in [9.17, 15) is 0 Å². The van der Waals surface area contributed by atoms with E-state index in [0.29, 0.717) is 0 Å². The van der Waals surface area contributed by atoms with Crippen molar-refractivity contribution in [3.8, 4) is 33.8 Å². The van der Waals surface area contributed by atoms with E-state index in [-0.39, 0.29) is 0 Å². The normalized spacial score (nSPS) is 11.6. The summed E-state index contributed by atoms with van der Waals surface area (Å²) >= 11 is 0. The summed E-state index contributed by atoms with van der Waals surface area (Å²) in [7, 11) is 0. The first-order chi connectivity index (χ1) is 21.7. The monoisotopic (exact) mass is 560 g/mol. The highest BCUT2D eigenvalue weighted by atomic mass is 14.8. The predicted octanol–water partition coefficient (Wildman–Crippen LogP) is 10.0. The molecule has 4 aromatic heterocycles. The fourth-order valence-electron chi connectivity index (χ4n) is 6.12. The average molecular weight is 561 g/mol. The molecule has 5 aromatic carbocycles. The minimum Gasteiger partial charge on any atom is -0.254 e. The van der Waals surface area contributed by atoms with Gasteiger partial charge in [-0.15, -0.1) is 0 Å². The van der Waals surface area contributed by atoms with Crippen LogP contribution in [0.4, 0.5) is 0 Å². The Balaban J connectivity index is 1.08. The Morgan fingerprint density at radius 3 is 1.84 bits per heavy atom. The number of nitrogens with zero attached hydrogens (tertiary/aromatic N) is 4.